The van der Waals surface area contributed by atoms with Crippen molar-refractivity contribution in [1.29, 1.82) is 0 Å². The first kappa shape index (κ1) is 17.2. The van der Waals surface area contributed by atoms with E-state index in [4.69, 9.17) is 4.74 Å². The molecule has 4 heteroatoms. The predicted octanol–water partition coefficient (Wildman–Crippen LogP) is 4.21. The summed E-state index contributed by atoms with van der Waals surface area (Å²) in [5, 5.41) is 4.37. The fourth-order valence-electron chi connectivity index (χ4n) is 2.87. The van der Waals surface area contributed by atoms with E-state index in [9.17, 15) is 4.79 Å². The Kier molecular flexibility index (Phi) is 4.91. The first-order chi connectivity index (χ1) is 12.0. The van der Waals surface area contributed by atoms with Crippen LogP contribution in [0.2, 0.25) is 0 Å². The molecular weight excluding hydrogens is 312 g/mol. The van der Waals surface area contributed by atoms with Crippen LogP contribution in [0.4, 0.5) is 0 Å². The first-order valence-corrected chi connectivity index (χ1v) is 8.52. The molecule has 0 aliphatic heterocycles. The van der Waals surface area contributed by atoms with Crippen LogP contribution in [0.15, 0.2) is 54.7 Å². The molecule has 0 saturated heterocycles. The van der Waals surface area contributed by atoms with Crippen LogP contribution in [0.1, 0.15) is 31.1 Å². The number of carbonyl (C=O) groups is 1. The molecule has 0 fully saturated rings. The van der Waals surface area contributed by atoms with Gasteiger partial charge in [-0.05, 0) is 45.0 Å². The second-order valence-corrected chi connectivity index (χ2v) is 7.08. The van der Waals surface area contributed by atoms with E-state index >= 15 is 0 Å². The van der Waals surface area contributed by atoms with Gasteiger partial charge in [0.25, 0.3) is 0 Å². The third-order valence-electron chi connectivity index (χ3n) is 4.03. The zero-order chi connectivity index (χ0) is 17.9. The van der Waals surface area contributed by atoms with Gasteiger partial charge in [0.1, 0.15) is 12.4 Å². The van der Waals surface area contributed by atoms with Gasteiger partial charge in [-0.3, -0.25) is 4.79 Å². The highest BCUT2D eigenvalue weighted by Crippen LogP contribution is 2.28. The molecule has 0 amide bonds. The lowest BCUT2D eigenvalue weighted by molar-refractivity contribution is 0.112. The molecule has 3 rings (SSSR count). The standard InChI is InChI=1S/C21H24N2O2/c1-21(2,3)22-12-14-25-20-10-5-4-8-19(20)23-13-11-17-16(15-24)7-6-9-18(17)23/h4-11,13,15,22H,12,14H2,1-3H3. The number of hydrogen-bond donors (Lipinski definition) is 1. The van der Waals surface area contributed by atoms with E-state index in [1.165, 1.54) is 0 Å². The second-order valence-electron chi connectivity index (χ2n) is 7.08. The first-order valence-electron chi connectivity index (χ1n) is 8.52. The molecule has 0 spiro atoms. The topological polar surface area (TPSA) is 43.3 Å². The van der Waals surface area contributed by atoms with E-state index in [1.54, 1.807) is 0 Å². The van der Waals surface area contributed by atoms with E-state index < -0.39 is 0 Å². The summed E-state index contributed by atoms with van der Waals surface area (Å²) in [5.74, 6) is 0.826. The molecule has 1 aromatic heterocycles. The van der Waals surface area contributed by atoms with Crippen molar-refractivity contribution in [3.8, 4) is 11.4 Å². The number of nitrogens with one attached hydrogen (secondary N) is 1. The zero-order valence-electron chi connectivity index (χ0n) is 15.0. The Morgan fingerprint density at radius 1 is 1.08 bits per heavy atom. The summed E-state index contributed by atoms with van der Waals surface area (Å²) in [7, 11) is 0. The SMILES string of the molecule is CC(C)(C)NCCOc1ccccc1-n1ccc2c(C=O)cccc21. The fourth-order valence-corrected chi connectivity index (χ4v) is 2.87. The molecule has 4 nitrogen and oxygen atoms in total. The number of aromatic nitrogens is 1. The average Bonchev–Trinajstić information content (AvgIpc) is 3.02. The summed E-state index contributed by atoms with van der Waals surface area (Å²) in [4.78, 5) is 11.2. The highest BCUT2D eigenvalue weighted by Gasteiger charge is 2.11. The Labute approximate surface area is 148 Å². The minimum absolute atomic E-state index is 0.0741. The van der Waals surface area contributed by atoms with E-state index in [-0.39, 0.29) is 5.54 Å². The Morgan fingerprint density at radius 3 is 2.64 bits per heavy atom. The van der Waals surface area contributed by atoms with Crippen LogP contribution in [0.3, 0.4) is 0 Å². The van der Waals surface area contributed by atoms with E-state index in [2.05, 4.69) is 30.7 Å². The lowest BCUT2D eigenvalue weighted by Crippen LogP contribution is -2.38. The van der Waals surface area contributed by atoms with E-state index in [1.807, 2.05) is 54.7 Å². The molecule has 0 saturated carbocycles. The van der Waals surface area contributed by atoms with Crippen LogP contribution in [0.5, 0.6) is 5.75 Å². The summed E-state index contributed by atoms with van der Waals surface area (Å²) in [6, 6.07) is 15.7. The van der Waals surface area contributed by atoms with Gasteiger partial charge in [0.15, 0.2) is 6.29 Å². The Morgan fingerprint density at radius 2 is 1.88 bits per heavy atom. The van der Waals surface area contributed by atoms with Crippen molar-refractivity contribution >= 4 is 17.2 Å². The monoisotopic (exact) mass is 336 g/mol. The van der Waals surface area contributed by atoms with Crippen LogP contribution in [-0.4, -0.2) is 29.5 Å². The molecular formula is C21H24N2O2. The molecule has 1 heterocycles. The number of carbonyl (C=O) groups excluding carboxylic acids is 1. The number of aldehydes is 1. The summed E-state index contributed by atoms with van der Waals surface area (Å²) in [6.45, 7) is 7.78. The molecule has 0 aliphatic carbocycles. The molecule has 0 unspecified atom stereocenters. The van der Waals surface area contributed by atoms with E-state index in [0.29, 0.717) is 12.2 Å². The van der Waals surface area contributed by atoms with E-state index in [0.717, 1.165) is 35.2 Å². The third-order valence-corrected chi connectivity index (χ3v) is 4.03. The number of para-hydroxylation sites is 2. The molecule has 0 aliphatic rings. The molecule has 0 atom stereocenters. The number of rotatable bonds is 6. The van der Waals surface area contributed by atoms with Crippen molar-refractivity contribution < 1.29 is 9.53 Å². The minimum atomic E-state index is 0.0741. The zero-order valence-corrected chi connectivity index (χ0v) is 15.0. The van der Waals surface area contributed by atoms with Gasteiger partial charge in [-0.1, -0.05) is 24.3 Å². The van der Waals surface area contributed by atoms with Crippen molar-refractivity contribution in [2.75, 3.05) is 13.2 Å². The van der Waals surface area contributed by atoms with Gasteiger partial charge in [-0.15, -0.1) is 0 Å². The predicted molar refractivity (Wildman–Crippen MR) is 102 cm³/mol. The molecule has 1 N–H and O–H groups in total. The number of fused-ring (bicyclic) bond motifs is 1. The molecule has 130 valence electrons. The van der Waals surface area contributed by atoms with Crippen molar-refractivity contribution in [1.82, 2.24) is 9.88 Å². The molecule has 0 radical (unpaired) electrons. The smallest absolute Gasteiger partial charge is 0.150 e. The van der Waals surface area contributed by atoms with Crippen molar-refractivity contribution in [3.05, 3.63) is 60.3 Å². The third kappa shape index (κ3) is 3.91. The molecule has 25 heavy (non-hydrogen) atoms. The lowest BCUT2D eigenvalue weighted by atomic mass is 10.1. The Balaban J connectivity index is 1.87. The highest BCUT2D eigenvalue weighted by molar-refractivity contribution is 5.97. The van der Waals surface area contributed by atoms with Gasteiger partial charge in [0.2, 0.25) is 0 Å². The van der Waals surface area contributed by atoms with Gasteiger partial charge < -0.3 is 14.6 Å². The van der Waals surface area contributed by atoms with Gasteiger partial charge in [0, 0.05) is 29.2 Å². The van der Waals surface area contributed by atoms with Gasteiger partial charge in [-0.25, -0.2) is 0 Å². The van der Waals surface area contributed by atoms with Crippen LogP contribution in [0, 0.1) is 0 Å². The molecule has 3 aromatic rings. The van der Waals surface area contributed by atoms with Crippen molar-refractivity contribution in [2.45, 2.75) is 26.3 Å². The number of ether oxygens (including phenoxy) is 1. The Bertz CT molecular complexity index is 875. The summed E-state index contributed by atoms with van der Waals surface area (Å²) in [5.41, 5.74) is 2.74. The maximum atomic E-state index is 11.2. The van der Waals surface area contributed by atoms with Crippen LogP contribution < -0.4 is 10.1 Å². The average molecular weight is 336 g/mol. The lowest BCUT2D eigenvalue weighted by Gasteiger charge is -2.21. The molecule has 2 aromatic carbocycles. The van der Waals surface area contributed by atoms with Crippen LogP contribution >= 0.6 is 0 Å². The molecule has 0 bridgehead atoms. The summed E-state index contributed by atoms with van der Waals surface area (Å²) in [6.07, 6.45) is 2.88. The fraction of sp³-hybridized carbons (Fsp3) is 0.286. The second kappa shape index (κ2) is 7.11. The maximum Gasteiger partial charge on any atom is 0.150 e. The maximum absolute atomic E-state index is 11.2. The Hall–Kier alpha value is -2.59. The van der Waals surface area contributed by atoms with Crippen LogP contribution in [0.25, 0.3) is 16.6 Å². The van der Waals surface area contributed by atoms with Gasteiger partial charge in [-0.2, -0.15) is 0 Å². The van der Waals surface area contributed by atoms with Crippen LogP contribution in [-0.2, 0) is 0 Å². The number of benzene rings is 2. The van der Waals surface area contributed by atoms with Crippen molar-refractivity contribution in [2.24, 2.45) is 0 Å². The quantitative estimate of drug-likeness (QED) is 0.542. The normalized spacial score (nSPS) is 11.6. The van der Waals surface area contributed by atoms with Crippen molar-refractivity contribution in [3.63, 3.8) is 0 Å². The highest BCUT2D eigenvalue weighted by atomic mass is 16.5. The van der Waals surface area contributed by atoms with Gasteiger partial charge >= 0.3 is 0 Å². The number of hydrogen-bond acceptors (Lipinski definition) is 3. The summed E-state index contributed by atoms with van der Waals surface area (Å²) < 4.78 is 8.07. The van der Waals surface area contributed by atoms with Gasteiger partial charge in [0.05, 0.1) is 11.2 Å². The minimum Gasteiger partial charge on any atom is -0.490 e. The largest absolute Gasteiger partial charge is 0.490 e. The summed E-state index contributed by atoms with van der Waals surface area (Å²) >= 11 is 0. The number of nitrogens with zero attached hydrogens (tertiary/aromatic N) is 1.